The van der Waals surface area contributed by atoms with Crippen molar-refractivity contribution in [2.45, 2.75) is 0 Å². The van der Waals surface area contributed by atoms with Crippen LogP contribution in [-0.2, 0) is 0 Å². The zero-order valence-electron chi connectivity index (χ0n) is 8.60. The Kier molecular flexibility index (Phi) is 3.53. The van der Waals surface area contributed by atoms with E-state index in [9.17, 15) is 14.5 Å². The van der Waals surface area contributed by atoms with E-state index in [1.807, 2.05) is 0 Å². The van der Waals surface area contributed by atoms with Crippen LogP contribution in [0.2, 0.25) is 5.28 Å². The van der Waals surface area contributed by atoms with Crippen molar-refractivity contribution in [1.82, 2.24) is 9.97 Å². The van der Waals surface area contributed by atoms with Crippen LogP contribution in [0, 0.1) is 15.9 Å². The predicted octanol–water partition coefficient (Wildman–Crippen LogP) is 3.61. The van der Waals surface area contributed by atoms with Crippen molar-refractivity contribution in [2.75, 3.05) is 0 Å². The van der Waals surface area contributed by atoms with E-state index < -0.39 is 16.4 Å². The summed E-state index contributed by atoms with van der Waals surface area (Å²) in [6.45, 7) is 0. The van der Waals surface area contributed by atoms with Gasteiger partial charge >= 0.3 is 5.69 Å². The third-order valence-electron chi connectivity index (χ3n) is 2.12. The largest absolute Gasteiger partial charge is 0.313 e. The minimum Gasteiger partial charge on any atom is -0.258 e. The Morgan fingerprint density at radius 3 is 2.83 bits per heavy atom. The van der Waals surface area contributed by atoms with Crippen LogP contribution < -0.4 is 0 Å². The van der Waals surface area contributed by atoms with E-state index in [0.717, 1.165) is 6.20 Å². The van der Waals surface area contributed by atoms with Crippen molar-refractivity contribution in [3.05, 3.63) is 50.1 Å². The summed E-state index contributed by atoms with van der Waals surface area (Å²) in [5.74, 6) is -0.629. The molecule has 1 aromatic carbocycles. The molecular weight excluding hydrogens is 328 g/mol. The predicted molar refractivity (Wildman–Crippen MR) is 66.8 cm³/mol. The van der Waals surface area contributed by atoms with Gasteiger partial charge in [-0.15, -0.1) is 0 Å². The van der Waals surface area contributed by atoms with Gasteiger partial charge in [0.2, 0.25) is 5.28 Å². The number of nitrogens with zero attached hydrogens (tertiary/aromatic N) is 3. The first-order valence-corrected chi connectivity index (χ1v) is 5.78. The number of benzene rings is 1. The second-order valence-corrected chi connectivity index (χ2v) is 4.51. The summed E-state index contributed by atoms with van der Waals surface area (Å²) < 4.78 is 14.3. The van der Waals surface area contributed by atoms with Crippen LogP contribution in [-0.4, -0.2) is 14.9 Å². The van der Waals surface area contributed by atoms with Crippen molar-refractivity contribution in [1.29, 1.82) is 0 Å². The molecule has 0 amide bonds. The summed E-state index contributed by atoms with van der Waals surface area (Å²) in [5.41, 5.74) is -0.574. The average molecular weight is 333 g/mol. The normalized spacial score (nSPS) is 10.4. The van der Waals surface area contributed by atoms with E-state index >= 15 is 0 Å². The van der Waals surface area contributed by atoms with Gasteiger partial charge in [0.25, 0.3) is 0 Å². The average Bonchev–Trinajstić information content (AvgIpc) is 2.31. The van der Waals surface area contributed by atoms with Gasteiger partial charge in [0.15, 0.2) is 5.69 Å². The van der Waals surface area contributed by atoms with Crippen molar-refractivity contribution in [2.24, 2.45) is 0 Å². The molecule has 1 heterocycles. The van der Waals surface area contributed by atoms with Crippen LogP contribution in [0.4, 0.5) is 10.1 Å². The number of hydrogen-bond donors (Lipinski definition) is 0. The topological polar surface area (TPSA) is 68.9 Å². The molecule has 0 aliphatic rings. The Hall–Kier alpha value is -1.60. The fraction of sp³-hybridized carbons (Fsp3) is 0. The highest BCUT2D eigenvalue weighted by Crippen LogP contribution is 2.31. The number of rotatable bonds is 2. The van der Waals surface area contributed by atoms with Crippen molar-refractivity contribution in [3.63, 3.8) is 0 Å². The molecule has 0 aliphatic carbocycles. The highest BCUT2D eigenvalue weighted by Gasteiger charge is 2.21. The fourth-order valence-electron chi connectivity index (χ4n) is 1.36. The molecular formula is C10H4BrClFN3O2. The number of halogens is 3. The van der Waals surface area contributed by atoms with E-state index in [1.165, 1.54) is 18.2 Å². The first kappa shape index (κ1) is 12.8. The van der Waals surface area contributed by atoms with E-state index in [1.54, 1.807) is 0 Å². The maximum absolute atomic E-state index is 13.7. The summed E-state index contributed by atoms with van der Waals surface area (Å²) in [5, 5.41) is 10.7. The van der Waals surface area contributed by atoms with Gasteiger partial charge in [-0.05, 0) is 29.8 Å². The lowest BCUT2D eigenvalue weighted by Crippen LogP contribution is -1.98. The van der Waals surface area contributed by atoms with Gasteiger partial charge in [-0.2, -0.15) is 0 Å². The summed E-state index contributed by atoms with van der Waals surface area (Å²) in [6.07, 6.45) is 0.949. The highest BCUT2D eigenvalue weighted by molar-refractivity contribution is 9.10. The maximum atomic E-state index is 13.7. The van der Waals surface area contributed by atoms with Gasteiger partial charge in [0, 0.05) is 10.0 Å². The molecule has 0 atom stereocenters. The molecule has 0 fully saturated rings. The Labute approximate surface area is 114 Å². The molecule has 2 aromatic rings. The lowest BCUT2D eigenvalue weighted by atomic mass is 10.1. The minimum atomic E-state index is -0.688. The smallest absolute Gasteiger partial charge is 0.258 e. The fourth-order valence-corrected chi connectivity index (χ4v) is 1.86. The van der Waals surface area contributed by atoms with Crippen LogP contribution in [0.5, 0.6) is 0 Å². The molecule has 0 spiro atoms. The maximum Gasteiger partial charge on any atom is 0.313 e. The molecule has 0 bridgehead atoms. The molecule has 0 aliphatic heterocycles. The van der Waals surface area contributed by atoms with Crippen molar-refractivity contribution in [3.8, 4) is 11.3 Å². The SMILES string of the molecule is O=[N+]([O-])c1cnc(Cl)nc1-c1cc(Br)ccc1F. The van der Waals surface area contributed by atoms with Crippen LogP contribution in [0.15, 0.2) is 28.9 Å². The molecule has 0 unspecified atom stereocenters. The van der Waals surface area contributed by atoms with Crippen LogP contribution >= 0.6 is 27.5 Å². The zero-order chi connectivity index (χ0) is 13.3. The third-order valence-corrected chi connectivity index (χ3v) is 2.80. The monoisotopic (exact) mass is 331 g/mol. The van der Waals surface area contributed by atoms with E-state index in [2.05, 4.69) is 25.9 Å². The summed E-state index contributed by atoms with van der Waals surface area (Å²) in [7, 11) is 0. The summed E-state index contributed by atoms with van der Waals surface area (Å²) >= 11 is 8.75. The summed E-state index contributed by atoms with van der Waals surface area (Å²) in [4.78, 5) is 17.4. The number of nitro groups is 1. The first-order chi connectivity index (χ1) is 8.49. The molecule has 18 heavy (non-hydrogen) atoms. The van der Waals surface area contributed by atoms with Crippen LogP contribution in [0.25, 0.3) is 11.3 Å². The molecule has 2 rings (SSSR count). The van der Waals surface area contributed by atoms with Crippen LogP contribution in [0.1, 0.15) is 0 Å². The van der Waals surface area contributed by atoms with Gasteiger partial charge < -0.3 is 0 Å². The number of aromatic nitrogens is 2. The molecule has 0 radical (unpaired) electrons. The Balaban J connectivity index is 2.73. The van der Waals surface area contributed by atoms with Gasteiger partial charge in [0.1, 0.15) is 12.0 Å². The highest BCUT2D eigenvalue weighted by atomic mass is 79.9. The molecule has 5 nitrogen and oxygen atoms in total. The first-order valence-electron chi connectivity index (χ1n) is 4.61. The quantitative estimate of drug-likeness (QED) is 0.478. The lowest BCUT2D eigenvalue weighted by molar-refractivity contribution is -0.384. The standard InChI is InChI=1S/C10H4BrClFN3O2/c11-5-1-2-7(13)6(3-5)9-8(16(17)18)4-14-10(12)15-9/h1-4H. The van der Waals surface area contributed by atoms with Gasteiger partial charge in [-0.25, -0.2) is 14.4 Å². The van der Waals surface area contributed by atoms with Gasteiger partial charge in [0.05, 0.1) is 4.92 Å². The Morgan fingerprint density at radius 1 is 1.44 bits per heavy atom. The molecule has 0 saturated heterocycles. The van der Waals surface area contributed by atoms with Crippen molar-refractivity contribution < 1.29 is 9.31 Å². The lowest BCUT2D eigenvalue weighted by Gasteiger charge is -2.04. The third kappa shape index (κ3) is 2.46. The molecule has 92 valence electrons. The second-order valence-electron chi connectivity index (χ2n) is 3.25. The number of hydrogen-bond acceptors (Lipinski definition) is 4. The Bertz CT molecular complexity index is 639. The van der Waals surface area contributed by atoms with E-state index in [-0.39, 0.29) is 16.5 Å². The molecule has 8 heteroatoms. The van der Waals surface area contributed by atoms with Gasteiger partial charge in [-0.1, -0.05) is 15.9 Å². The van der Waals surface area contributed by atoms with E-state index in [0.29, 0.717) is 4.47 Å². The summed E-state index contributed by atoms with van der Waals surface area (Å²) in [6, 6.07) is 4.05. The zero-order valence-corrected chi connectivity index (χ0v) is 10.9. The molecule has 0 saturated carbocycles. The molecule has 1 aromatic heterocycles. The Morgan fingerprint density at radius 2 is 2.17 bits per heavy atom. The van der Waals surface area contributed by atoms with Gasteiger partial charge in [-0.3, -0.25) is 10.1 Å². The van der Waals surface area contributed by atoms with Crippen LogP contribution in [0.3, 0.4) is 0 Å². The van der Waals surface area contributed by atoms with Crippen molar-refractivity contribution >= 4 is 33.2 Å². The molecule has 0 N–H and O–H groups in total. The second kappa shape index (κ2) is 4.95. The minimum absolute atomic E-state index is 0.0135. The van der Waals surface area contributed by atoms with E-state index in [4.69, 9.17) is 11.6 Å².